The van der Waals surface area contributed by atoms with Gasteiger partial charge in [-0.15, -0.1) is 0 Å². The van der Waals surface area contributed by atoms with Gasteiger partial charge in [0.2, 0.25) is 0 Å². The predicted octanol–water partition coefficient (Wildman–Crippen LogP) is 1.72. The van der Waals surface area contributed by atoms with Gasteiger partial charge in [-0.1, -0.05) is 13.8 Å². The van der Waals surface area contributed by atoms with E-state index in [1.807, 2.05) is 13.8 Å². The van der Waals surface area contributed by atoms with E-state index < -0.39 is 8.56 Å². The first kappa shape index (κ1) is 11.8. The number of rotatable bonds is 6. The van der Waals surface area contributed by atoms with E-state index in [-0.39, 0.29) is 5.54 Å². The molecule has 0 heterocycles. The van der Waals surface area contributed by atoms with Crippen LogP contribution in [0.3, 0.4) is 0 Å². The van der Waals surface area contributed by atoms with Crippen molar-refractivity contribution >= 4 is 14.8 Å². The molecule has 4 heteroatoms. The third kappa shape index (κ3) is 2.15. The second kappa shape index (κ2) is 5.45. The van der Waals surface area contributed by atoms with Crippen LogP contribution in [-0.2, 0) is 13.6 Å². The summed E-state index contributed by atoms with van der Waals surface area (Å²) in [5.74, 6) is 0. The average molecular weight is 190 g/mol. The molecule has 0 aliphatic rings. The van der Waals surface area contributed by atoms with Gasteiger partial charge in [0.25, 0.3) is 0 Å². The summed E-state index contributed by atoms with van der Waals surface area (Å²) in [5, 5.41) is 0. The lowest BCUT2D eigenvalue weighted by Crippen LogP contribution is -2.44. The highest BCUT2D eigenvalue weighted by atomic mass is 28.4. The average Bonchev–Trinajstić information content (AvgIpc) is 2.14. The molecule has 0 amide bonds. The summed E-state index contributed by atoms with van der Waals surface area (Å²) < 4.78 is 10.7. The molecule has 0 fully saturated rings. The standard InChI is InChI=1S/C8H18O3Si/c1-5-8(7-9)12(6-2,10-3)11-4/h7-8H,5-6H2,1-4H3. The molecule has 1 atom stereocenters. The number of carbonyl (C=O) groups is 1. The summed E-state index contributed by atoms with van der Waals surface area (Å²) >= 11 is 0. The third-order valence-corrected chi connectivity index (χ3v) is 6.39. The summed E-state index contributed by atoms with van der Waals surface area (Å²) in [4.78, 5) is 10.7. The normalized spacial score (nSPS) is 14.3. The van der Waals surface area contributed by atoms with Crippen LogP contribution in [0.4, 0.5) is 0 Å². The highest BCUT2D eigenvalue weighted by Crippen LogP contribution is 2.27. The Balaban J connectivity index is 4.53. The molecule has 0 spiro atoms. The van der Waals surface area contributed by atoms with Gasteiger partial charge in [0.15, 0.2) is 0 Å². The smallest absolute Gasteiger partial charge is 0.347 e. The number of aldehydes is 1. The molecule has 0 saturated carbocycles. The van der Waals surface area contributed by atoms with Crippen molar-refractivity contribution in [2.45, 2.75) is 31.9 Å². The van der Waals surface area contributed by atoms with Crippen LogP contribution >= 0.6 is 0 Å². The molecule has 0 aromatic rings. The molecule has 0 aromatic heterocycles. The second-order valence-corrected chi connectivity index (χ2v) is 6.61. The minimum atomic E-state index is -2.21. The van der Waals surface area contributed by atoms with Crippen LogP contribution in [0.15, 0.2) is 0 Å². The SMILES string of the molecule is CCC(C=O)[Si](CC)(OC)OC. The van der Waals surface area contributed by atoms with E-state index in [1.165, 1.54) is 0 Å². The summed E-state index contributed by atoms with van der Waals surface area (Å²) in [6.07, 6.45) is 1.76. The molecule has 3 nitrogen and oxygen atoms in total. The quantitative estimate of drug-likeness (QED) is 0.472. The Morgan fingerprint density at radius 1 is 1.33 bits per heavy atom. The lowest BCUT2D eigenvalue weighted by Gasteiger charge is -2.30. The Morgan fingerprint density at radius 2 is 1.83 bits per heavy atom. The number of carbonyl (C=O) groups excluding carboxylic acids is 1. The van der Waals surface area contributed by atoms with Crippen LogP contribution in [-0.4, -0.2) is 29.1 Å². The number of hydrogen-bond donors (Lipinski definition) is 0. The lowest BCUT2D eigenvalue weighted by molar-refractivity contribution is -0.108. The third-order valence-electron chi connectivity index (χ3n) is 2.35. The topological polar surface area (TPSA) is 35.5 Å². The maximum atomic E-state index is 10.7. The fourth-order valence-corrected chi connectivity index (χ4v) is 4.15. The highest BCUT2D eigenvalue weighted by Gasteiger charge is 2.41. The molecule has 0 radical (unpaired) electrons. The molecule has 0 aliphatic heterocycles. The van der Waals surface area contributed by atoms with Crippen LogP contribution in [0.25, 0.3) is 0 Å². The molecule has 0 bridgehead atoms. The van der Waals surface area contributed by atoms with Gasteiger partial charge < -0.3 is 13.6 Å². The first-order valence-corrected chi connectivity index (χ1v) is 6.36. The molecule has 72 valence electrons. The monoisotopic (exact) mass is 190 g/mol. The van der Waals surface area contributed by atoms with E-state index >= 15 is 0 Å². The van der Waals surface area contributed by atoms with E-state index in [1.54, 1.807) is 14.2 Å². The zero-order valence-corrected chi connectivity index (χ0v) is 9.29. The van der Waals surface area contributed by atoms with Crippen LogP contribution in [0, 0.1) is 0 Å². The zero-order chi connectivity index (χ0) is 9.61. The molecule has 12 heavy (non-hydrogen) atoms. The Bertz CT molecular complexity index is 126. The molecule has 0 aliphatic carbocycles. The van der Waals surface area contributed by atoms with Crippen LogP contribution in [0.5, 0.6) is 0 Å². The van der Waals surface area contributed by atoms with Gasteiger partial charge in [-0.25, -0.2) is 0 Å². The Labute approximate surface area is 75.3 Å². The highest BCUT2D eigenvalue weighted by molar-refractivity contribution is 6.71. The summed E-state index contributed by atoms with van der Waals surface area (Å²) in [6, 6.07) is 0.817. The van der Waals surface area contributed by atoms with Crippen molar-refractivity contribution in [2.24, 2.45) is 0 Å². The molecule has 0 N–H and O–H groups in total. The second-order valence-electron chi connectivity index (χ2n) is 2.72. The molecular formula is C8H18O3Si. The van der Waals surface area contributed by atoms with Crippen molar-refractivity contribution in [2.75, 3.05) is 14.2 Å². The van der Waals surface area contributed by atoms with Crippen LogP contribution in [0.2, 0.25) is 11.6 Å². The van der Waals surface area contributed by atoms with Crippen molar-refractivity contribution in [3.05, 3.63) is 0 Å². The molecule has 1 unspecified atom stereocenters. The fraction of sp³-hybridized carbons (Fsp3) is 0.875. The van der Waals surface area contributed by atoms with Gasteiger partial charge in [-0.2, -0.15) is 0 Å². The summed E-state index contributed by atoms with van der Waals surface area (Å²) in [7, 11) is 1.05. The predicted molar refractivity (Wildman–Crippen MR) is 50.4 cm³/mol. The van der Waals surface area contributed by atoms with E-state index in [0.29, 0.717) is 0 Å². The summed E-state index contributed by atoms with van der Waals surface area (Å²) in [5.41, 5.74) is -0.0440. The maximum absolute atomic E-state index is 10.7. The first-order valence-electron chi connectivity index (χ1n) is 4.26. The van der Waals surface area contributed by atoms with Gasteiger partial charge in [-0.05, 0) is 12.5 Å². The minimum Gasteiger partial charge on any atom is -0.397 e. The van der Waals surface area contributed by atoms with E-state index in [2.05, 4.69) is 0 Å². The fourth-order valence-electron chi connectivity index (χ4n) is 1.45. The van der Waals surface area contributed by atoms with Gasteiger partial charge in [0, 0.05) is 14.2 Å². The zero-order valence-electron chi connectivity index (χ0n) is 8.29. The van der Waals surface area contributed by atoms with Crippen LogP contribution < -0.4 is 0 Å². The molecular weight excluding hydrogens is 172 g/mol. The van der Waals surface area contributed by atoms with E-state index in [9.17, 15) is 4.79 Å². The van der Waals surface area contributed by atoms with Crippen molar-refractivity contribution < 1.29 is 13.6 Å². The van der Waals surface area contributed by atoms with E-state index in [0.717, 1.165) is 18.8 Å². The Hall–Kier alpha value is -0.193. The molecule has 0 aromatic carbocycles. The molecule has 0 saturated heterocycles. The summed E-state index contributed by atoms with van der Waals surface area (Å²) in [6.45, 7) is 3.99. The van der Waals surface area contributed by atoms with E-state index in [4.69, 9.17) is 8.85 Å². The van der Waals surface area contributed by atoms with Gasteiger partial charge in [0.05, 0.1) is 5.54 Å². The maximum Gasteiger partial charge on any atom is 0.347 e. The minimum absolute atomic E-state index is 0.0440. The Kier molecular flexibility index (Phi) is 5.36. The van der Waals surface area contributed by atoms with Crippen molar-refractivity contribution in [3.63, 3.8) is 0 Å². The van der Waals surface area contributed by atoms with Gasteiger partial charge >= 0.3 is 8.56 Å². The van der Waals surface area contributed by atoms with Gasteiger partial charge in [-0.3, -0.25) is 0 Å². The van der Waals surface area contributed by atoms with Gasteiger partial charge in [0.1, 0.15) is 6.29 Å². The Morgan fingerprint density at radius 3 is 1.92 bits per heavy atom. The number of hydrogen-bond acceptors (Lipinski definition) is 3. The van der Waals surface area contributed by atoms with Crippen molar-refractivity contribution in [1.29, 1.82) is 0 Å². The van der Waals surface area contributed by atoms with Crippen molar-refractivity contribution in [3.8, 4) is 0 Å². The largest absolute Gasteiger partial charge is 0.397 e. The molecule has 0 rings (SSSR count). The van der Waals surface area contributed by atoms with Crippen LogP contribution in [0.1, 0.15) is 20.3 Å². The first-order chi connectivity index (χ1) is 5.70. The lowest BCUT2D eigenvalue weighted by atomic mass is 10.4. The van der Waals surface area contributed by atoms with Crippen molar-refractivity contribution in [1.82, 2.24) is 0 Å².